The number of pyridine rings is 1. The van der Waals surface area contributed by atoms with E-state index in [1.807, 2.05) is 24.4 Å². The first kappa shape index (κ1) is 18.4. The van der Waals surface area contributed by atoms with Crippen LogP contribution in [0.5, 0.6) is 5.75 Å². The van der Waals surface area contributed by atoms with Gasteiger partial charge < -0.3 is 10.0 Å². The smallest absolute Gasteiger partial charge is 0.154 e. The summed E-state index contributed by atoms with van der Waals surface area (Å²) in [5.74, 6) is 0.0327. The Kier molecular flexibility index (Phi) is 5.26. The quantitative estimate of drug-likeness (QED) is 0.687. The highest BCUT2D eigenvalue weighted by atomic mass is 16.3. The molecule has 1 saturated heterocycles. The minimum Gasteiger partial charge on any atom is -0.507 e. The van der Waals surface area contributed by atoms with Gasteiger partial charge in [-0.05, 0) is 60.5 Å². The average Bonchev–Trinajstić information content (AvgIpc) is 2.74. The number of hydrogen-bond acceptors (Lipinski definition) is 5. The van der Waals surface area contributed by atoms with Crippen molar-refractivity contribution in [2.75, 3.05) is 25.0 Å². The molecule has 5 heteroatoms. The summed E-state index contributed by atoms with van der Waals surface area (Å²) in [6, 6.07) is 14.2. The van der Waals surface area contributed by atoms with E-state index in [1.54, 1.807) is 12.3 Å². The number of rotatable bonds is 5. The molecule has 2 aromatic carbocycles. The number of anilines is 1. The normalized spacial score (nSPS) is 17.2. The zero-order valence-corrected chi connectivity index (χ0v) is 16.1. The zero-order valence-electron chi connectivity index (χ0n) is 16.1. The van der Waals surface area contributed by atoms with Crippen LogP contribution in [-0.4, -0.2) is 47.5 Å². The topological polar surface area (TPSA) is 56.7 Å². The van der Waals surface area contributed by atoms with E-state index in [2.05, 4.69) is 40.0 Å². The first-order chi connectivity index (χ1) is 13.7. The maximum Gasteiger partial charge on any atom is 0.154 e. The number of hydrogen-bond donors (Lipinski definition) is 1. The van der Waals surface area contributed by atoms with Crippen molar-refractivity contribution in [1.82, 2.24) is 9.88 Å². The Bertz CT molecular complexity index is 974. The van der Waals surface area contributed by atoms with Gasteiger partial charge in [0.15, 0.2) is 6.29 Å². The van der Waals surface area contributed by atoms with E-state index in [9.17, 15) is 9.90 Å². The number of likely N-dealkylation sites (N-methyl/N-ethyl adjacent to an activating group) is 1. The number of phenolic OH excluding ortho intramolecular Hbond substituents is 1. The maximum atomic E-state index is 11.3. The van der Waals surface area contributed by atoms with Gasteiger partial charge in [-0.2, -0.15) is 0 Å². The monoisotopic (exact) mass is 375 g/mol. The Morgan fingerprint density at radius 1 is 1.29 bits per heavy atom. The fourth-order valence-electron chi connectivity index (χ4n) is 4.11. The van der Waals surface area contributed by atoms with Crippen LogP contribution in [0.2, 0.25) is 0 Å². The second-order valence-electron chi connectivity index (χ2n) is 7.54. The number of piperidine rings is 1. The molecule has 1 aromatic heterocycles. The van der Waals surface area contributed by atoms with Crippen LogP contribution >= 0.6 is 0 Å². The van der Waals surface area contributed by atoms with Gasteiger partial charge in [0, 0.05) is 43.8 Å². The van der Waals surface area contributed by atoms with Crippen LogP contribution in [-0.2, 0) is 6.54 Å². The Hall–Kier alpha value is -2.92. The van der Waals surface area contributed by atoms with E-state index in [-0.39, 0.29) is 5.75 Å². The van der Waals surface area contributed by atoms with E-state index < -0.39 is 0 Å². The van der Waals surface area contributed by atoms with Crippen LogP contribution in [0, 0.1) is 0 Å². The summed E-state index contributed by atoms with van der Waals surface area (Å²) < 4.78 is 0. The van der Waals surface area contributed by atoms with Crippen LogP contribution in [0.1, 0.15) is 28.8 Å². The first-order valence-electron chi connectivity index (χ1n) is 9.70. The van der Waals surface area contributed by atoms with Gasteiger partial charge >= 0.3 is 0 Å². The molecule has 0 spiro atoms. The van der Waals surface area contributed by atoms with Gasteiger partial charge in [0.2, 0.25) is 0 Å². The van der Waals surface area contributed by atoms with Gasteiger partial charge in [-0.3, -0.25) is 14.7 Å². The molecule has 144 valence electrons. The second-order valence-corrected chi connectivity index (χ2v) is 7.54. The third-order valence-corrected chi connectivity index (χ3v) is 5.68. The molecule has 4 rings (SSSR count). The molecule has 28 heavy (non-hydrogen) atoms. The molecule has 3 aromatic rings. The molecule has 5 nitrogen and oxygen atoms in total. The van der Waals surface area contributed by atoms with Gasteiger partial charge in [0.05, 0.1) is 5.56 Å². The Labute approximate surface area is 165 Å². The SMILES string of the molecule is CN(Cc1cccnc1)C1CCCN(c2ccc3c(C=O)c(O)ccc3c2)C1. The maximum absolute atomic E-state index is 11.3. The van der Waals surface area contributed by atoms with E-state index >= 15 is 0 Å². The Morgan fingerprint density at radius 3 is 2.96 bits per heavy atom. The van der Waals surface area contributed by atoms with Crippen LogP contribution in [0.15, 0.2) is 54.9 Å². The summed E-state index contributed by atoms with van der Waals surface area (Å²) in [6.07, 6.45) is 6.79. The summed E-state index contributed by atoms with van der Waals surface area (Å²) >= 11 is 0. The van der Waals surface area contributed by atoms with Crippen LogP contribution in [0.4, 0.5) is 5.69 Å². The molecule has 1 atom stereocenters. The lowest BCUT2D eigenvalue weighted by atomic mass is 10.0. The summed E-state index contributed by atoms with van der Waals surface area (Å²) in [6.45, 7) is 2.90. The zero-order chi connectivity index (χ0) is 19.5. The highest BCUT2D eigenvalue weighted by Gasteiger charge is 2.24. The summed E-state index contributed by atoms with van der Waals surface area (Å²) in [7, 11) is 2.18. The molecule has 1 unspecified atom stereocenters. The van der Waals surface area contributed by atoms with Crippen molar-refractivity contribution in [3.63, 3.8) is 0 Å². The molecule has 1 aliphatic heterocycles. The van der Waals surface area contributed by atoms with Crippen molar-refractivity contribution in [2.45, 2.75) is 25.4 Å². The molecule has 1 fully saturated rings. The van der Waals surface area contributed by atoms with Crippen LogP contribution < -0.4 is 4.90 Å². The minimum absolute atomic E-state index is 0.0327. The molecular weight excluding hydrogens is 350 g/mol. The third-order valence-electron chi connectivity index (χ3n) is 5.68. The van der Waals surface area contributed by atoms with Crippen molar-refractivity contribution in [2.24, 2.45) is 0 Å². The van der Waals surface area contributed by atoms with E-state index in [1.165, 1.54) is 12.0 Å². The van der Waals surface area contributed by atoms with Crippen molar-refractivity contribution >= 4 is 22.7 Å². The van der Waals surface area contributed by atoms with Crippen molar-refractivity contribution in [1.29, 1.82) is 0 Å². The number of carbonyl (C=O) groups is 1. The molecule has 2 heterocycles. The molecule has 0 aliphatic carbocycles. The number of carbonyl (C=O) groups excluding carboxylic acids is 1. The van der Waals surface area contributed by atoms with Crippen molar-refractivity contribution in [3.05, 3.63) is 66.0 Å². The molecule has 1 aliphatic rings. The van der Waals surface area contributed by atoms with Gasteiger partial charge in [-0.1, -0.05) is 18.2 Å². The lowest BCUT2D eigenvalue weighted by Crippen LogP contribution is -2.46. The number of aromatic hydroxyl groups is 1. The van der Waals surface area contributed by atoms with Gasteiger partial charge in [0.25, 0.3) is 0 Å². The first-order valence-corrected chi connectivity index (χ1v) is 9.70. The lowest BCUT2D eigenvalue weighted by molar-refractivity contribution is 0.112. The fraction of sp³-hybridized carbons (Fsp3) is 0.304. The van der Waals surface area contributed by atoms with Gasteiger partial charge in [-0.25, -0.2) is 0 Å². The highest BCUT2D eigenvalue weighted by molar-refractivity contribution is 6.01. The molecule has 0 radical (unpaired) electrons. The van der Waals surface area contributed by atoms with E-state index in [0.29, 0.717) is 11.6 Å². The highest BCUT2D eigenvalue weighted by Crippen LogP contribution is 2.30. The Morgan fingerprint density at radius 2 is 2.18 bits per heavy atom. The number of fused-ring (bicyclic) bond motifs is 1. The third kappa shape index (κ3) is 3.71. The number of nitrogens with zero attached hydrogens (tertiary/aromatic N) is 3. The summed E-state index contributed by atoms with van der Waals surface area (Å²) in [4.78, 5) is 20.4. The van der Waals surface area contributed by atoms with Gasteiger partial charge in [0.1, 0.15) is 5.75 Å². The molecule has 0 saturated carbocycles. The fourth-order valence-corrected chi connectivity index (χ4v) is 4.11. The predicted octanol–water partition coefficient (Wildman–Crippen LogP) is 3.85. The van der Waals surface area contributed by atoms with Crippen molar-refractivity contribution in [3.8, 4) is 5.75 Å². The predicted molar refractivity (Wildman–Crippen MR) is 112 cm³/mol. The second kappa shape index (κ2) is 7.98. The summed E-state index contributed by atoms with van der Waals surface area (Å²) in [5.41, 5.74) is 2.75. The van der Waals surface area contributed by atoms with Crippen LogP contribution in [0.3, 0.4) is 0 Å². The minimum atomic E-state index is 0.0327. The van der Waals surface area contributed by atoms with E-state index in [4.69, 9.17) is 0 Å². The summed E-state index contributed by atoms with van der Waals surface area (Å²) in [5, 5.41) is 11.7. The molecular formula is C23H25N3O2. The number of phenols is 1. The number of aromatic nitrogens is 1. The van der Waals surface area contributed by atoms with Crippen molar-refractivity contribution < 1.29 is 9.90 Å². The number of benzene rings is 2. The lowest BCUT2D eigenvalue weighted by Gasteiger charge is -2.39. The van der Waals surface area contributed by atoms with Crippen LogP contribution in [0.25, 0.3) is 10.8 Å². The standard InChI is InChI=1S/C23H25N3O2/c1-25(14-17-4-2-10-24-13-17)20-5-3-11-26(15-20)19-7-8-21-18(12-19)6-9-23(28)22(21)16-27/h2,4,6-10,12-13,16,20,28H,3,5,11,14-15H2,1H3. The van der Waals surface area contributed by atoms with E-state index in [0.717, 1.165) is 48.8 Å². The molecule has 1 N–H and O–H groups in total. The Balaban J connectivity index is 1.52. The molecule has 0 bridgehead atoms. The molecule has 0 amide bonds. The largest absolute Gasteiger partial charge is 0.507 e. The van der Waals surface area contributed by atoms with Gasteiger partial charge in [-0.15, -0.1) is 0 Å². The number of aldehydes is 1. The average molecular weight is 375 g/mol.